The normalized spacial score (nSPS) is 32.2. The summed E-state index contributed by atoms with van der Waals surface area (Å²) in [5.74, 6) is 0.883. The van der Waals surface area contributed by atoms with Crippen molar-refractivity contribution in [2.24, 2.45) is 47.3 Å². The van der Waals surface area contributed by atoms with Gasteiger partial charge in [0.15, 0.2) is 23.3 Å². The fourth-order valence-corrected chi connectivity index (χ4v) is 12.6. The summed E-state index contributed by atoms with van der Waals surface area (Å²) in [6.45, 7) is 8.63. The van der Waals surface area contributed by atoms with Gasteiger partial charge in [-0.05, 0) is 149 Å². The van der Waals surface area contributed by atoms with Crippen molar-refractivity contribution < 1.29 is 22.3 Å². The molecule has 53 heavy (non-hydrogen) atoms. The average molecular weight is 739 g/mol. The molecule has 0 spiro atoms. The number of benzene rings is 2. The predicted octanol–water partition coefficient (Wildman–Crippen LogP) is 15.0. The summed E-state index contributed by atoms with van der Waals surface area (Å²) in [7, 11) is 0. The molecule has 296 valence electrons. The predicted molar refractivity (Wildman–Crippen MR) is 209 cm³/mol. The smallest absolute Gasteiger partial charge is 0.164 e. The molecule has 4 aliphatic carbocycles. The quantitative estimate of drug-likeness (QED) is 0.175. The van der Waals surface area contributed by atoms with Gasteiger partial charge >= 0.3 is 0 Å². The molecule has 0 saturated heterocycles. The van der Waals surface area contributed by atoms with Crippen molar-refractivity contribution in [1.29, 1.82) is 0 Å². The molecule has 0 bridgehead atoms. The van der Waals surface area contributed by atoms with E-state index in [1.165, 1.54) is 89.2 Å². The van der Waals surface area contributed by atoms with Crippen LogP contribution in [0.15, 0.2) is 36.4 Å². The first kappa shape index (κ1) is 40.8. The van der Waals surface area contributed by atoms with Crippen molar-refractivity contribution in [2.45, 2.75) is 180 Å². The number of hydrogen-bond donors (Lipinski definition) is 0. The highest BCUT2D eigenvalue weighted by atomic mass is 19.2. The maximum absolute atomic E-state index is 16.3. The van der Waals surface area contributed by atoms with E-state index in [1.807, 2.05) is 13.8 Å². The minimum atomic E-state index is -1.18. The Kier molecular flexibility index (Phi) is 14.1. The molecule has 1 nitrogen and oxygen atoms in total. The molecule has 2 atom stereocenters. The van der Waals surface area contributed by atoms with Gasteiger partial charge in [0.2, 0.25) is 0 Å². The molecule has 0 N–H and O–H groups in total. The molecule has 2 unspecified atom stereocenters. The van der Waals surface area contributed by atoms with Crippen molar-refractivity contribution >= 4 is 0 Å². The number of halogens is 4. The van der Waals surface area contributed by atoms with Crippen LogP contribution in [0.25, 0.3) is 0 Å². The fraction of sp³-hybridized carbons (Fsp3) is 0.750. The minimum Gasteiger partial charge on any atom is -0.358 e. The maximum Gasteiger partial charge on any atom is 0.164 e. The molecule has 0 radical (unpaired) electrons. The van der Waals surface area contributed by atoms with E-state index >= 15 is 17.6 Å². The number of ether oxygens (including phenoxy) is 1. The lowest BCUT2D eigenvalue weighted by Gasteiger charge is -2.54. The monoisotopic (exact) mass is 739 g/mol. The van der Waals surface area contributed by atoms with Crippen LogP contribution in [0.3, 0.4) is 0 Å². The first-order valence-electron chi connectivity index (χ1n) is 22.3. The van der Waals surface area contributed by atoms with Crippen LogP contribution in [0.5, 0.6) is 0 Å². The zero-order valence-electron chi connectivity index (χ0n) is 33.6. The Morgan fingerprint density at radius 2 is 0.792 bits per heavy atom. The summed E-state index contributed by atoms with van der Waals surface area (Å²) in [6, 6.07) is 8.97. The van der Waals surface area contributed by atoms with E-state index in [9.17, 15) is 0 Å². The van der Waals surface area contributed by atoms with Crippen LogP contribution < -0.4 is 0 Å². The van der Waals surface area contributed by atoms with E-state index in [0.717, 1.165) is 75.0 Å². The van der Waals surface area contributed by atoms with Gasteiger partial charge < -0.3 is 4.74 Å². The third-order valence-corrected chi connectivity index (χ3v) is 15.6. The molecular formula is C48H70F4O. The van der Waals surface area contributed by atoms with Crippen LogP contribution in [-0.2, 0) is 15.9 Å². The molecule has 0 aromatic heterocycles. The summed E-state index contributed by atoms with van der Waals surface area (Å²) in [6.07, 6.45) is 24.2. The van der Waals surface area contributed by atoms with Gasteiger partial charge in [-0.1, -0.05) is 103 Å². The largest absolute Gasteiger partial charge is 0.358 e. The van der Waals surface area contributed by atoms with Crippen LogP contribution in [0.1, 0.15) is 180 Å². The molecular weight excluding hydrogens is 669 g/mol. The van der Waals surface area contributed by atoms with Gasteiger partial charge in [0.05, 0.1) is 11.2 Å². The second-order valence-corrected chi connectivity index (χ2v) is 18.2. The molecule has 2 aromatic rings. The molecule has 0 heterocycles. The van der Waals surface area contributed by atoms with E-state index in [1.54, 1.807) is 24.3 Å². The second-order valence-electron chi connectivity index (χ2n) is 18.2. The van der Waals surface area contributed by atoms with E-state index in [-0.39, 0.29) is 23.0 Å². The molecule has 2 aromatic carbocycles. The zero-order valence-corrected chi connectivity index (χ0v) is 33.6. The van der Waals surface area contributed by atoms with Gasteiger partial charge in [0.25, 0.3) is 0 Å². The summed E-state index contributed by atoms with van der Waals surface area (Å²) in [5, 5.41) is 0. The van der Waals surface area contributed by atoms with Gasteiger partial charge in [-0.3, -0.25) is 0 Å². The van der Waals surface area contributed by atoms with Crippen molar-refractivity contribution in [1.82, 2.24) is 0 Å². The molecule has 5 heteroatoms. The maximum atomic E-state index is 16.3. The van der Waals surface area contributed by atoms with Crippen molar-refractivity contribution in [3.05, 3.63) is 70.8 Å². The summed E-state index contributed by atoms with van der Waals surface area (Å²) < 4.78 is 70.8. The Morgan fingerprint density at radius 3 is 1.09 bits per heavy atom. The Labute approximate surface area is 319 Å². The van der Waals surface area contributed by atoms with Crippen LogP contribution in [-0.4, -0.2) is 0 Å². The van der Waals surface area contributed by atoms with Crippen molar-refractivity contribution in [3.8, 4) is 0 Å². The lowest BCUT2D eigenvalue weighted by atomic mass is 9.62. The third kappa shape index (κ3) is 8.61. The zero-order chi connectivity index (χ0) is 37.6. The Morgan fingerprint density at radius 1 is 0.472 bits per heavy atom. The Bertz CT molecular complexity index is 1320. The highest BCUT2D eigenvalue weighted by Crippen LogP contribution is 2.57. The van der Waals surface area contributed by atoms with Crippen LogP contribution in [0.4, 0.5) is 17.6 Å². The van der Waals surface area contributed by atoms with Crippen molar-refractivity contribution in [3.63, 3.8) is 0 Å². The average Bonchev–Trinajstić information content (AvgIpc) is 3.19. The SMILES string of the molecule is CCCC1CCC(C2CCC(C(CC)(OC(CC)(c3cccc(F)c3F)C3CCC(C4CCC(CCC)CC4)CC3)c3cccc(F)c3F)CC2)CC1. The third-order valence-electron chi connectivity index (χ3n) is 15.6. The molecule has 4 saturated carbocycles. The van der Waals surface area contributed by atoms with E-state index in [4.69, 9.17) is 4.74 Å². The summed E-state index contributed by atoms with van der Waals surface area (Å²) in [4.78, 5) is 0. The summed E-state index contributed by atoms with van der Waals surface area (Å²) in [5.41, 5.74) is -1.87. The molecule has 6 rings (SSSR count). The lowest BCUT2D eigenvalue weighted by molar-refractivity contribution is -0.234. The van der Waals surface area contributed by atoms with Gasteiger partial charge in [0.1, 0.15) is 0 Å². The van der Waals surface area contributed by atoms with Crippen LogP contribution in [0.2, 0.25) is 0 Å². The van der Waals surface area contributed by atoms with E-state index < -0.39 is 34.5 Å². The highest BCUT2D eigenvalue weighted by Gasteiger charge is 2.54. The van der Waals surface area contributed by atoms with E-state index in [2.05, 4.69) is 13.8 Å². The lowest BCUT2D eigenvalue weighted by Crippen LogP contribution is -2.51. The highest BCUT2D eigenvalue weighted by molar-refractivity contribution is 5.31. The standard InChI is InChI=1S/C48H70F4O/c1-5-11-33-17-21-35(22-18-33)37-25-29-39(30-26-37)47(7-3,41-13-9-15-43(49)45(41)51)53-48(8-4,42-14-10-16-44(50)46(42)52)40-31-27-38(28-32-40)36-23-19-34(12-6-2)20-24-36/h9-10,13-16,33-40H,5-8,11-12,17-32H2,1-4H3. The van der Waals surface area contributed by atoms with Gasteiger partial charge in [0, 0.05) is 11.1 Å². The molecule has 0 amide bonds. The fourth-order valence-electron chi connectivity index (χ4n) is 12.6. The molecule has 0 aliphatic heterocycles. The van der Waals surface area contributed by atoms with Gasteiger partial charge in [-0.15, -0.1) is 0 Å². The second kappa shape index (κ2) is 18.4. The Hall–Kier alpha value is -1.88. The van der Waals surface area contributed by atoms with E-state index in [0.29, 0.717) is 24.7 Å². The Balaban J connectivity index is 1.31. The number of hydrogen-bond acceptors (Lipinski definition) is 1. The van der Waals surface area contributed by atoms with Gasteiger partial charge in [-0.25, -0.2) is 17.6 Å². The number of rotatable bonds is 14. The minimum absolute atomic E-state index is 0.0614. The van der Waals surface area contributed by atoms with Gasteiger partial charge in [-0.2, -0.15) is 0 Å². The van der Waals surface area contributed by atoms with Crippen molar-refractivity contribution in [2.75, 3.05) is 0 Å². The first-order valence-corrected chi connectivity index (χ1v) is 22.3. The molecule has 4 aliphatic rings. The molecule has 4 fully saturated rings. The summed E-state index contributed by atoms with van der Waals surface area (Å²) >= 11 is 0. The van der Waals surface area contributed by atoms with Crippen LogP contribution >= 0.6 is 0 Å². The topological polar surface area (TPSA) is 9.23 Å². The first-order chi connectivity index (χ1) is 25.7. The van der Waals surface area contributed by atoms with Crippen LogP contribution in [0, 0.1) is 70.6 Å².